The summed E-state index contributed by atoms with van der Waals surface area (Å²) in [5, 5.41) is 10.1. The maximum Gasteiger partial charge on any atom is 0.337 e. The van der Waals surface area contributed by atoms with Crippen LogP contribution in [0.1, 0.15) is 34.1 Å². The van der Waals surface area contributed by atoms with Gasteiger partial charge in [0.2, 0.25) is 0 Å². The number of benzene rings is 1. The number of carbonyl (C=O) groups excluding carboxylic acids is 2. The summed E-state index contributed by atoms with van der Waals surface area (Å²) < 4.78 is 4.74. The largest absolute Gasteiger partial charge is 0.465 e. The van der Waals surface area contributed by atoms with Crippen molar-refractivity contribution in [3.05, 3.63) is 35.4 Å². The smallest absolute Gasteiger partial charge is 0.337 e. The average molecular weight is 373 g/mol. The molecule has 0 aliphatic carbocycles. The molecule has 4 rings (SSSR count). The van der Waals surface area contributed by atoms with Crippen molar-refractivity contribution in [1.82, 2.24) is 14.7 Å². The second-order valence-electron chi connectivity index (χ2n) is 7.98. The van der Waals surface area contributed by atoms with Crippen molar-refractivity contribution in [2.45, 2.75) is 31.0 Å². The fourth-order valence-electron chi connectivity index (χ4n) is 4.93. The number of β-amino-alcohol motifs (C(OH)–C–C–N with tert-alkyl or cyclic N) is 1. The van der Waals surface area contributed by atoms with Crippen molar-refractivity contribution in [3.8, 4) is 0 Å². The average Bonchev–Trinajstić information content (AvgIpc) is 3.04. The molecule has 27 heavy (non-hydrogen) atoms. The lowest BCUT2D eigenvalue weighted by molar-refractivity contribution is -0.0988. The SMILES string of the molecule is CCN1C[C@H]2C[C@@H](O)CN2C2(C1)CN(C(=O)c1cccc(C(=O)OC)c1)C2. The van der Waals surface area contributed by atoms with E-state index >= 15 is 0 Å². The summed E-state index contributed by atoms with van der Waals surface area (Å²) >= 11 is 0. The minimum absolute atomic E-state index is 0.0590. The number of methoxy groups -OCH3 is 1. The van der Waals surface area contributed by atoms with E-state index in [0.717, 1.165) is 26.1 Å². The van der Waals surface area contributed by atoms with Crippen molar-refractivity contribution in [3.63, 3.8) is 0 Å². The quantitative estimate of drug-likeness (QED) is 0.775. The van der Waals surface area contributed by atoms with Gasteiger partial charge in [0, 0.05) is 44.3 Å². The maximum atomic E-state index is 12.9. The summed E-state index contributed by atoms with van der Waals surface area (Å²) in [4.78, 5) is 31.3. The van der Waals surface area contributed by atoms with Crippen LogP contribution in [0.15, 0.2) is 24.3 Å². The molecular weight excluding hydrogens is 346 g/mol. The van der Waals surface area contributed by atoms with Gasteiger partial charge < -0.3 is 19.6 Å². The first-order chi connectivity index (χ1) is 13.0. The molecule has 3 saturated heterocycles. The van der Waals surface area contributed by atoms with Crippen LogP contribution in [0.4, 0.5) is 0 Å². The Hall–Kier alpha value is -1.96. The molecule has 146 valence electrons. The van der Waals surface area contributed by atoms with Gasteiger partial charge in [-0.05, 0) is 31.2 Å². The molecule has 3 fully saturated rings. The first-order valence-electron chi connectivity index (χ1n) is 9.60. The van der Waals surface area contributed by atoms with Crippen molar-refractivity contribution in [2.75, 3.05) is 46.4 Å². The molecule has 3 aliphatic heterocycles. The highest BCUT2D eigenvalue weighted by Gasteiger charge is 2.56. The molecule has 7 heteroatoms. The third kappa shape index (κ3) is 3.13. The van der Waals surface area contributed by atoms with E-state index in [1.165, 1.54) is 7.11 Å². The zero-order valence-electron chi connectivity index (χ0n) is 15.9. The van der Waals surface area contributed by atoms with E-state index in [9.17, 15) is 14.7 Å². The molecule has 1 aromatic carbocycles. The number of aliphatic hydroxyl groups is 1. The standard InChI is InChI=1S/C20H27N3O4/c1-3-21-9-16-8-17(24)10-23(16)20(11-21)12-22(13-20)18(25)14-5-4-6-15(7-14)19(26)27-2/h4-7,16-17,24H,3,8-13H2,1-2H3/t16-,17-/m1/s1. The highest BCUT2D eigenvalue weighted by atomic mass is 16.5. The Labute approximate surface area is 159 Å². The molecule has 7 nitrogen and oxygen atoms in total. The van der Waals surface area contributed by atoms with Crippen molar-refractivity contribution >= 4 is 11.9 Å². The second-order valence-corrected chi connectivity index (χ2v) is 7.98. The molecule has 0 saturated carbocycles. The van der Waals surface area contributed by atoms with Crippen LogP contribution in [0.25, 0.3) is 0 Å². The minimum atomic E-state index is -0.440. The Morgan fingerprint density at radius 3 is 2.67 bits per heavy atom. The van der Waals surface area contributed by atoms with E-state index in [0.29, 0.717) is 36.8 Å². The van der Waals surface area contributed by atoms with Crippen LogP contribution >= 0.6 is 0 Å². The molecule has 0 radical (unpaired) electrons. The molecule has 0 aromatic heterocycles. The molecule has 2 atom stereocenters. The van der Waals surface area contributed by atoms with E-state index in [1.807, 2.05) is 4.90 Å². The second kappa shape index (κ2) is 6.89. The minimum Gasteiger partial charge on any atom is -0.465 e. The Morgan fingerprint density at radius 2 is 1.96 bits per heavy atom. The van der Waals surface area contributed by atoms with E-state index in [1.54, 1.807) is 24.3 Å². The summed E-state index contributed by atoms with van der Waals surface area (Å²) in [5.41, 5.74) is 0.830. The third-order valence-electron chi connectivity index (χ3n) is 6.22. The monoisotopic (exact) mass is 373 g/mol. The van der Waals surface area contributed by atoms with E-state index < -0.39 is 5.97 Å². The number of fused-ring (bicyclic) bond motifs is 2. The van der Waals surface area contributed by atoms with Crippen LogP contribution in [0.3, 0.4) is 0 Å². The molecule has 3 heterocycles. The van der Waals surface area contributed by atoms with Gasteiger partial charge in [0.05, 0.1) is 24.3 Å². The number of ether oxygens (including phenoxy) is 1. The first kappa shape index (κ1) is 18.4. The predicted octanol–water partition coefficient (Wildman–Crippen LogP) is 0.439. The van der Waals surface area contributed by atoms with Crippen molar-refractivity contribution in [1.29, 1.82) is 0 Å². The summed E-state index contributed by atoms with van der Waals surface area (Å²) in [6.07, 6.45) is 0.540. The number of aliphatic hydroxyl groups excluding tert-OH is 1. The van der Waals surface area contributed by atoms with E-state index in [4.69, 9.17) is 4.74 Å². The van der Waals surface area contributed by atoms with Crippen LogP contribution in [-0.4, -0.2) is 95.7 Å². The molecule has 1 spiro atoms. The Kier molecular flexibility index (Phi) is 4.70. The highest BCUT2D eigenvalue weighted by Crippen LogP contribution is 2.39. The summed E-state index contributed by atoms with van der Waals surface area (Å²) in [6, 6.07) is 7.06. The number of piperazine rings is 1. The number of nitrogens with zero attached hydrogens (tertiary/aromatic N) is 3. The van der Waals surface area contributed by atoms with Gasteiger partial charge in [-0.3, -0.25) is 9.69 Å². The maximum absolute atomic E-state index is 12.9. The molecule has 3 aliphatic rings. The number of amides is 1. The zero-order valence-corrected chi connectivity index (χ0v) is 15.9. The topological polar surface area (TPSA) is 73.3 Å². The normalized spacial score (nSPS) is 27.3. The van der Waals surface area contributed by atoms with E-state index in [2.05, 4.69) is 16.7 Å². The number of carbonyl (C=O) groups is 2. The zero-order chi connectivity index (χ0) is 19.2. The Bertz CT molecular complexity index is 746. The Balaban J connectivity index is 1.49. The molecule has 1 amide bonds. The van der Waals surface area contributed by atoms with Gasteiger partial charge in [0.15, 0.2) is 0 Å². The van der Waals surface area contributed by atoms with Gasteiger partial charge >= 0.3 is 5.97 Å². The third-order valence-corrected chi connectivity index (χ3v) is 6.22. The molecule has 0 bridgehead atoms. The lowest BCUT2D eigenvalue weighted by atomic mass is 9.83. The van der Waals surface area contributed by atoms with Crippen LogP contribution in [0.2, 0.25) is 0 Å². The van der Waals surface area contributed by atoms with Crippen molar-refractivity contribution < 1.29 is 19.4 Å². The molecular formula is C20H27N3O4. The fourth-order valence-corrected chi connectivity index (χ4v) is 4.93. The lowest BCUT2D eigenvalue weighted by Gasteiger charge is -2.61. The molecule has 0 unspecified atom stereocenters. The highest BCUT2D eigenvalue weighted by molar-refractivity contribution is 5.98. The van der Waals surface area contributed by atoms with Crippen LogP contribution in [0, 0.1) is 0 Å². The lowest BCUT2D eigenvalue weighted by Crippen LogP contribution is -2.78. The van der Waals surface area contributed by atoms with Crippen LogP contribution in [0.5, 0.6) is 0 Å². The number of likely N-dealkylation sites (tertiary alicyclic amines) is 1. The molecule has 1 aromatic rings. The predicted molar refractivity (Wildman–Crippen MR) is 99.6 cm³/mol. The van der Waals surface area contributed by atoms with Crippen LogP contribution in [-0.2, 0) is 4.74 Å². The van der Waals surface area contributed by atoms with Gasteiger partial charge in [0.25, 0.3) is 5.91 Å². The summed E-state index contributed by atoms with van der Waals surface area (Å²) in [5.74, 6) is -0.499. The Morgan fingerprint density at radius 1 is 1.22 bits per heavy atom. The van der Waals surface area contributed by atoms with E-state index in [-0.39, 0.29) is 17.6 Å². The molecule has 1 N–H and O–H groups in total. The van der Waals surface area contributed by atoms with Gasteiger partial charge in [-0.25, -0.2) is 4.79 Å². The fraction of sp³-hybridized carbons (Fsp3) is 0.600. The van der Waals surface area contributed by atoms with Crippen molar-refractivity contribution in [2.24, 2.45) is 0 Å². The van der Waals surface area contributed by atoms with Gasteiger partial charge in [-0.2, -0.15) is 0 Å². The number of esters is 1. The number of hydrogen-bond donors (Lipinski definition) is 1. The summed E-state index contributed by atoms with van der Waals surface area (Å²) in [6.45, 7) is 7.08. The van der Waals surface area contributed by atoms with Gasteiger partial charge in [-0.15, -0.1) is 0 Å². The van der Waals surface area contributed by atoms with Crippen LogP contribution < -0.4 is 0 Å². The van der Waals surface area contributed by atoms with Gasteiger partial charge in [0.1, 0.15) is 0 Å². The number of rotatable bonds is 3. The number of likely N-dealkylation sites (N-methyl/N-ethyl adjacent to an activating group) is 1. The first-order valence-corrected chi connectivity index (χ1v) is 9.60. The van der Waals surface area contributed by atoms with Gasteiger partial charge in [-0.1, -0.05) is 13.0 Å². The number of hydrogen-bond acceptors (Lipinski definition) is 6. The summed E-state index contributed by atoms with van der Waals surface area (Å²) in [7, 11) is 1.33.